The van der Waals surface area contributed by atoms with Crippen LogP contribution in [0.25, 0.3) is 0 Å². The second-order valence-corrected chi connectivity index (χ2v) is 2.76. The van der Waals surface area contributed by atoms with Gasteiger partial charge in [-0.1, -0.05) is 6.92 Å². The molecule has 66 valence electrons. The van der Waals surface area contributed by atoms with E-state index in [9.17, 15) is 0 Å². The molecule has 0 fully saturated rings. The van der Waals surface area contributed by atoms with Crippen LogP contribution in [0.3, 0.4) is 0 Å². The molecule has 1 aromatic heterocycles. The Kier molecular flexibility index (Phi) is 2.99. The summed E-state index contributed by atoms with van der Waals surface area (Å²) >= 11 is 0. The van der Waals surface area contributed by atoms with Crippen LogP contribution in [0.1, 0.15) is 12.6 Å². The molecule has 0 saturated heterocycles. The molecule has 0 aromatic carbocycles. The standard InChI is InChI=1S/C8H14N4/c1-3-12(2)6-7-4-11-8(9)5-10-7/h4-5H,3,6H2,1-2H3,(H2,9,11). The molecule has 0 bridgehead atoms. The summed E-state index contributed by atoms with van der Waals surface area (Å²) in [5.74, 6) is 0.470. The average molecular weight is 166 g/mol. The maximum absolute atomic E-state index is 5.40. The first-order valence-corrected chi connectivity index (χ1v) is 3.97. The summed E-state index contributed by atoms with van der Waals surface area (Å²) in [5, 5.41) is 0. The van der Waals surface area contributed by atoms with Gasteiger partial charge in [-0.25, -0.2) is 4.98 Å². The van der Waals surface area contributed by atoms with Crippen molar-refractivity contribution < 1.29 is 0 Å². The molecule has 4 heteroatoms. The van der Waals surface area contributed by atoms with E-state index in [4.69, 9.17) is 5.73 Å². The fourth-order valence-electron chi connectivity index (χ4n) is 0.835. The Morgan fingerprint density at radius 1 is 1.42 bits per heavy atom. The van der Waals surface area contributed by atoms with E-state index in [1.165, 1.54) is 0 Å². The van der Waals surface area contributed by atoms with Crippen molar-refractivity contribution in [1.82, 2.24) is 14.9 Å². The largest absolute Gasteiger partial charge is 0.382 e. The van der Waals surface area contributed by atoms with Gasteiger partial charge in [-0.15, -0.1) is 0 Å². The Balaban J connectivity index is 2.58. The van der Waals surface area contributed by atoms with Gasteiger partial charge in [0, 0.05) is 6.54 Å². The average Bonchev–Trinajstić information content (AvgIpc) is 2.09. The van der Waals surface area contributed by atoms with Crippen molar-refractivity contribution >= 4 is 5.82 Å². The Labute approximate surface area is 72.4 Å². The van der Waals surface area contributed by atoms with Gasteiger partial charge in [-0.2, -0.15) is 0 Å². The molecule has 0 aliphatic carbocycles. The van der Waals surface area contributed by atoms with Crippen LogP contribution in [0, 0.1) is 0 Å². The molecule has 2 N–H and O–H groups in total. The van der Waals surface area contributed by atoms with Crippen LogP contribution < -0.4 is 5.73 Å². The van der Waals surface area contributed by atoms with E-state index in [1.807, 2.05) is 7.05 Å². The van der Waals surface area contributed by atoms with Gasteiger partial charge in [-0.3, -0.25) is 4.98 Å². The van der Waals surface area contributed by atoms with E-state index in [0.717, 1.165) is 18.8 Å². The maximum Gasteiger partial charge on any atom is 0.141 e. The predicted octanol–water partition coefficient (Wildman–Crippen LogP) is 0.510. The zero-order valence-electron chi connectivity index (χ0n) is 7.49. The second-order valence-electron chi connectivity index (χ2n) is 2.76. The summed E-state index contributed by atoms with van der Waals surface area (Å²) in [6.45, 7) is 3.93. The number of rotatable bonds is 3. The van der Waals surface area contributed by atoms with Crippen LogP contribution in [0.15, 0.2) is 12.4 Å². The molecular weight excluding hydrogens is 152 g/mol. The molecule has 0 saturated carbocycles. The summed E-state index contributed by atoms with van der Waals surface area (Å²) in [5.41, 5.74) is 6.36. The molecule has 0 spiro atoms. The zero-order valence-corrected chi connectivity index (χ0v) is 7.49. The highest BCUT2D eigenvalue weighted by molar-refractivity contribution is 5.22. The molecule has 0 radical (unpaired) electrons. The molecule has 1 heterocycles. The second kappa shape index (κ2) is 4.01. The zero-order chi connectivity index (χ0) is 8.97. The highest BCUT2D eigenvalue weighted by atomic mass is 15.1. The SMILES string of the molecule is CCN(C)Cc1cnc(N)cn1. The van der Waals surface area contributed by atoms with E-state index in [-0.39, 0.29) is 0 Å². The molecule has 1 aromatic rings. The van der Waals surface area contributed by atoms with E-state index >= 15 is 0 Å². The summed E-state index contributed by atoms with van der Waals surface area (Å²) in [6.07, 6.45) is 3.29. The lowest BCUT2D eigenvalue weighted by Gasteiger charge is -2.12. The van der Waals surface area contributed by atoms with Gasteiger partial charge in [0.05, 0.1) is 18.1 Å². The number of nitrogens with two attached hydrogens (primary N) is 1. The fraction of sp³-hybridized carbons (Fsp3) is 0.500. The number of hydrogen-bond acceptors (Lipinski definition) is 4. The van der Waals surface area contributed by atoms with Crippen LogP contribution in [-0.2, 0) is 6.54 Å². The molecule has 1 rings (SSSR count). The summed E-state index contributed by atoms with van der Waals surface area (Å²) in [7, 11) is 2.04. The summed E-state index contributed by atoms with van der Waals surface area (Å²) in [4.78, 5) is 10.2. The lowest BCUT2D eigenvalue weighted by atomic mass is 10.4. The van der Waals surface area contributed by atoms with Crippen molar-refractivity contribution in [2.45, 2.75) is 13.5 Å². The Hall–Kier alpha value is -1.16. The Morgan fingerprint density at radius 3 is 2.67 bits per heavy atom. The lowest BCUT2D eigenvalue weighted by molar-refractivity contribution is 0.341. The summed E-state index contributed by atoms with van der Waals surface area (Å²) < 4.78 is 0. The monoisotopic (exact) mass is 166 g/mol. The van der Waals surface area contributed by atoms with Crippen molar-refractivity contribution in [3.63, 3.8) is 0 Å². The Bertz CT molecular complexity index is 231. The predicted molar refractivity (Wildman–Crippen MR) is 48.5 cm³/mol. The van der Waals surface area contributed by atoms with Crippen LogP contribution in [0.5, 0.6) is 0 Å². The van der Waals surface area contributed by atoms with Gasteiger partial charge in [0.1, 0.15) is 5.82 Å². The minimum Gasteiger partial charge on any atom is -0.382 e. The highest BCUT2D eigenvalue weighted by Gasteiger charge is 1.98. The Morgan fingerprint density at radius 2 is 2.17 bits per heavy atom. The van der Waals surface area contributed by atoms with Crippen molar-refractivity contribution in [2.75, 3.05) is 19.3 Å². The van der Waals surface area contributed by atoms with E-state index in [2.05, 4.69) is 21.8 Å². The van der Waals surface area contributed by atoms with Crippen LogP contribution in [-0.4, -0.2) is 28.5 Å². The third-order valence-electron chi connectivity index (χ3n) is 1.70. The number of aromatic nitrogens is 2. The van der Waals surface area contributed by atoms with Crippen LogP contribution in [0.2, 0.25) is 0 Å². The van der Waals surface area contributed by atoms with Crippen molar-refractivity contribution in [1.29, 1.82) is 0 Å². The minimum absolute atomic E-state index is 0.470. The van der Waals surface area contributed by atoms with Crippen LogP contribution >= 0.6 is 0 Å². The molecule has 0 amide bonds. The van der Waals surface area contributed by atoms with Gasteiger partial charge >= 0.3 is 0 Å². The first kappa shape index (κ1) is 8.93. The number of nitrogen functional groups attached to an aromatic ring is 1. The topological polar surface area (TPSA) is 55.0 Å². The van der Waals surface area contributed by atoms with Gasteiger partial charge in [0.25, 0.3) is 0 Å². The molecule has 0 unspecified atom stereocenters. The number of anilines is 1. The first-order valence-electron chi connectivity index (χ1n) is 3.97. The van der Waals surface area contributed by atoms with Gasteiger partial charge in [0.15, 0.2) is 0 Å². The van der Waals surface area contributed by atoms with Gasteiger partial charge < -0.3 is 10.6 Å². The first-order chi connectivity index (χ1) is 5.72. The van der Waals surface area contributed by atoms with Crippen molar-refractivity contribution in [3.8, 4) is 0 Å². The smallest absolute Gasteiger partial charge is 0.141 e. The third-order valence-corrected chi connectivity index (χ3v) is 1.70. The van der Waals surface area contributed by atoms with Crippen LogP contribution in [0.4, 0.5) is 5.82 Å². The number of hydrogen-bond donors (Lipinski definition) is 1. The van der Waals surface area contributed by atoms with Gasteiger partial charge in [-0.05, 0) is 13.6 Å². The van der Waals surface area contributed by atoms with Crippen molar-refractivity contribution in [2.24, 2.45) is 0 Å². The molecule has 0 atom stereocenters. The quantitative estimate of drug-likeness (QED) is 0.711. The molecule has 12 heavy (non-hydrogen) atoms. The molecule has 4 nitrogen and oxygen atoms in total. The maximum atomic E-state index is 5.40. The summed E-state index contributed by atoms with van der Waals surface area (Å²) in [6, 6.07) is 0. The minimum atomic E-state index is 0.470. The lowest BCUT2D eigenvalue weighted by Crippen LogP contribution is -2.17. The van der Waals surface area contributed by atoms with E-state index in [1.54, 1.807) is 12.4 Å². The van der Waals surface area contributed by atoms with E-state index < -0.39 is 0 Å². The molecular formula is C8H14N4. The van der Waals surface area contributed by atoms with Gasteiger partial charge in [0.2, 0.25) is 0 Å². The number of nitrogens with zero attached hydrogens (tertiary/aromatic N) is 3. The highest BCUT2D eigenvalue weighted by Crippen LogP contribution is 1.98. The normalized spacial score (nSPS) is 10.6. The van der Waals surface area contributed by atoms with E-state index in [0.29, 0.717) is 5.82 Å². The third kappa shape index (κ3) is 2.47. The molecule has 0 aliphatic heterocycles. The van der Waals surface area contributed by atoms with Crippen molar-refractivity contribution in [3.05, 3.63) is 18.1 Å². The molecule has 0 aliphatic rings. The fourth-order valence-corrected chi connectivity index (χ4v) is 0.835.